The van der Waals surface area contributed by atoms with Crippen molar-refractivity contribution in [2.24, 2.45) is 0 Å². The summed E-state index contributed by atoms with van der Waals surface area (Å²) in [5, 5.41) is 11.1. The molecule has 20 heavy (non-hydrogen) atoms. The molecule has 1 aromatic rings. The number of carbonyl (C=O) groups excluding carboxylic acids is 1. The number of amides is 1. The summed E-state index contributed by atoms with van der Waals surface area (Å²) in [5.41, 5.74) is 0.934. The van der Waals surface area contributed by atoms with Crippen LogP contribution < -0.4 is 0 Å². The summed E-state index contributed by atoms with van der Waals surface area (Å²) in [6.07, 6.45) is -0.105. The fourth-order valence-electron chi connectivity index (χ4n) is 2.67. The Morgan fingerprint density at radius 1 is 1.45 bits per heavy atom. The van der Waals surface area contributed by atoms with E-state index in [0.717, 1.165) is 5.56 Å². The van der Waals surface area contributed by atoms with E-state index in [1.165, 1.54) is 4.90 Å². The zero-order valence-electron chi connectivity index (χ0n) is 11.6. The first-order valence-electron chi connectivity index (χ1n) is 6.69. The number of ether oxygens (including phenoxy) is 1. The molecule has 1 heterocycles. The normalized spacial score (nSPS) is 21.4. The number of carbonyl (C=O) groups is 1. The summed E-state index contributed by atoms with van der Waals surface area (Å²) in [6, 6.07) is 7.91. The molecule has 108 valence electrons. The lowest BCUT2D eigenvalue weighted by Crippen LogP contribution is -2.46. The molecule has 0 N–H and O–H groups in total. The van der Waals surface area contributed by atoms with Crippen LogP contribution in [-0.2, 0) is 4.74 Å². The van der Waals surface area contributed by atoms with E-state index in [0.29, 0.717) is 6.42 Å². The third-order valence-corrected chi connectivity index (χ3v) is 3.78. The fraction of sp³-hybridized carbons (Fsp3) is 0.500. The molecule has 0 aliphatic carbocycles. The van der Waals surface area contributed by atoms with E-state index in [-0.39, 0.29) is 17.6 Å². The number of cyclic esters (lactones) is 1. The van der Waals surface area contributed by atoms with Gasteiger partial charge in [0.15, 0.2) is 0 Å². The maximum Gasteiger partial charge on any atom is 0.410 e. The van der Waals surface area contributed by atoms with Crippen molar-refractivity contribution in [2.75, 3.05) is 6.61 Å². The first kappa shape index (κ1) is 14.3. The van der Waals surface area contributed by atoms with Crippen molar-refractivity contribution in [3.05, 3.63) is 46.0 Å². The van der Waals surface area contributed by atoms with E-state index in [2.05, 4.69) is 0 Å². The molecule has 6 nitrogen and oxygen atoms in total. The largest absolute Gasteiger partial charge is 0.447 e. The number of rotatable bonds is 5. The van der Waals surface area contributed by atoms with Crippen LogP contribution in [-0.4, -0.2) is 34.6 Å². The van der Waals surface area contributed by atoms with Gasteiger partial charge < -0.3 is 4.74 Å². The summed E-state index contributed by atoms with van der Waals surface area (Å²) in [7, 11) is 0. The van der Waals surface area contributed by atoms with E-state index in [1.54, 1.807) is 13.8 Å². The predicted molar refractivity (Wildman–Crippen MR) is 72.9 cm³/mol. The van der Waals surface area contributed by atoms with Crippen molar-refractivity contribution < 1.29 is 14.5 Å². The van der Waals surface area contributed by atoms with Crippen molar-refractivity contribution >= 4 is 6.09 Å². The van der Waals surface area contributed by atoms with Gasteiger partial charge in [-0.3, -0.25) is 15.0 Å². The molecular weight excluding hydrogens is 260 g/mol. The van der Waals surface area contributed by atoms with Crippen LogP contribution in [0.2, 0.25) is 0 Å². The lowest BCUT2D eigenvalue weighted by Gasteiger charge is -2.29. The molecule has 1 aliphatic heterocycles. The number of hydrogen-bond acceptors (Lipinski definition) is 4. The van der Waals surface area contributed by atoms with Crippen LogP contribution in [0.5, 0.6) is 0 Å². The van der Waals surface area contributed by atoms with Crippen LogP contribution in [0, 0.1) is 10.1 Å². The highest BCUT2D eigenvalue weighted by Crippen LogP contribution is 2.31. The SMILES string of the molecule is CC[C@H]([C@H](C)N1C(=O)OC[C@H]1c1ccccc1)[N+](=O)[O-]. The highest BCUT2D eigenvalue weighted by Gasteiger charge is 2.43. The number of hydrogen-bond donors (Lipinski definition) is 0. The molecule has 2 rings (SSSR count). The van der Waals surface area contributed by atoms with Crippen molar-refractivity contribution in [2.45, 2.75) is 38.4 Å². The highest BCUT2D eigenvalue weighted by atomic mass is 16.6. The molecule has 1 aliphatic rings. The molecule has 0 unspecified atom stereocenters. The first-order chi connectivity index (χ1) is 9.56. The predicted octanol–water partition coefficient (Wildman–Crippen LogP) is 2.62. The maximum atomic E-state index is 11.9. The van der Waals surface area contributed by atoms with Crippen molar-refractivity contribution in [3.63, 3.8) is 0 Å². The monoisotopic (exact) mass is 278 g/mol. The summed E-state index contributed by atoms with van der Waals surface area (Å²) in [4.78, 5) is 24.2. The van der Waals surface area contributed by atoms with Crippen molar-refractivity contribution in [3.8, 4) is 0 Å². The Kier molecular flexibility index (Phi) is 4.22. The number of nitro groups is 1. The minimum Gasteiger partial charge on any atom is -0.447 e. The van der Waals surface area contributed by atoms with Gasteiger partial charge in [0.25, 0.3) is 0 Å². The summed E-state index contributed by atoms with van der Waals surface area (Å²) >= 11 is 0. The topological polar surface area (TPSA) is 72.7 Å². The van der Waals surface area contributed by atoms with Gasteiger partial charge in [-0.2, -0.15) is 0 Å². The van der Waals surface area contributed by atoms with E-state index >= 15 is 0 Å². The van der Waals surface area contributed by atoms with E-state index in [1.807, 2.05) is 30.3 Å². The fourth-order valence-corrected chi connectivity index (χ4v) is 2.67. The van der Waals surface area contributed by atoms with Gasteiger partial charge in [-0.25, -0.2) is 4.79 Å². The van der Waals surface area contributed by atoms with Crippen LogP contribution in [0.15, 0.2) is 30.3 Å². The Morgan fingerprint density at radius 2 is 2.10 bits per heavy atom. The molecule has 6 heteroatoms. The van der Waals surface area contributed by atoms with Gasteiger partial charge in [0.1, 0.15) is 12.6 Å². The smallest absolute Gasteiger partial charge is 0.410 e. The lowest BCUT2D eigenvalue weighted by atomic mass is 10.0. The van der Waals surface area contributed by atoms with Gasteiger partial charge in [0.2, 0.25) is 6.04 Å². The number of benzene rings is 1. The zero-order valence-corrected chi connectivity index (χ0v) is 11.6. The molecule has 1 amide bonds. The Labute approximate surface area is 117 Å². The van der Waals surface area contributed by atoms with Crippen LogP contribution in [0.4, 0.5) is 4.79 Å². The highest BCUT2D eigenvalue weighted by molar-refractivity contribution is 5.71. The van der Waals surface area contributed by atoms with Gasteiger partial charge in [0, 0.05) is 11.3 Å². The molecule has 0 aromatic heterocycles. The lowest BCUT2D eigenvalue weighted by molar-refractivity contribution is -0.529. The van der Waals surface area contributed by atoms with Gasteiger partial charge in [-0.1, -0.05) is 37.3 Å². The second-order valence-electron chi connectivity index (χ2n) is 4.91. The summed E-state index contributed by atoms with van der Waals surface area (Å²) < 4.78 is 5.09. The quantitative estimate of drug-likeness (QED) is 0.613. The third kappa shape index (κ3) is 2.59. The molecular formula is C14H18N2O4. The molecule has 0 radical (unpaired) electrons. The molecule has 0 bridgehead atoms. The van der Waals surface area contributed by atoms with Gasteiger partial charge in [-0.15, -0.1) is 0 Å². The molecule has 0 saturated carbocycles. The summed E-state index contributed by atoms with van der Waals surface area (Å²) in [6.45, 7) is 3.70. The minimum absolute atomic E-state index is 0.237. The molecule has 1 aromatic carbocycles. The zero-order chi connectivity index (χ0) is 14.7. The Hall–Kier alpha value is -2.11. The molecule has 1 saturated heterocycles. The van der Waals surface area contributed by atoms with Gasteiger partial charge >= 0.3 is 6.09 Å². The molecule has 3 atom stereocenters. The molecule has 1 fully saturated rings. The average molecular weight is 278 g/mol. The first-order valence-corrected chi connectivity index (χ1v) is 6.69. The van der Waals surface area contributed by atoms with Crippen LogP contribution in [0.1, 0.15) is 31.9 Å². The van der Waals surface area contributed by atoms with Crippen LogP contribution in [0.3, 0.4) is 0 Å². The van der Waals surface area contributed by atoms with Crippen molar-refractivity contribution in [1.29, 1.82) is 0 Å². The van der Waals surface area contributed by atoms with Gasteiger partial charge in [-0.05, 0) is 12.5 Å². The van der Waals surface area contributed by atoms with E-state index < -0.39 is 18.2 Å². The van der Waals surface area contributed by atoms with E-state index in [4.69, 9.17) is 4.74 Å². The van der Waals surface area contributed by atoms with Gasteiger partial charge in [0.05, 0.1) is 6.04 Å². The Bertz CT molecular complexity index is 491. The Morgan fingerprint density at radius 3 is 2.65 bits per heavy atom. The van der Waals surface area contributed by atoms with Crippen LogP contribution in [0.25, 0.3) is 0 Å². The summed E-state index contributed by atoms with van der Waals surface area (Å²) in [5.74, 6) is 0. The second-order valence-corrected chi connectivity index (χ2v) is 4.91. The Balaban J connectivity index is 2.27. The number of nitrogens with zero attached hydrogens (tertiary/aromatic N) is 2. The van der Waals surface area contributed by atoms with Crippen LogP contribution >= 0.6 is 0 Å². The molecule has 0 spiro atoms. The average Bonchev–Trinajstić information content (AvgIpc) is 2.82. The van der Waals surface area contributed by atoms with Crippen molar-refractivity contribution in [1.82, 2.24) is 4.90 Å². The standard InChI is InChI=1S/C14H18N2O4/c1-3-12(16(18)19)10(2)15-13(9-20-14(15)17)11-7-5-4-6-8-11/h4-8,10,12-13H,3,9H2,1-2H3/t10-,12+,13-/m0/s1. The second kappa shape index (κ2) is 5.90. The minimum atomic E-state index is -0.785. The van der Waals surface area contributed by atoms with E-state index in [9.17, 15) is 14.9 Å². The third-order valence-electron chi connectivity index (χ3n) is 3.78. The maximum absolute atomic E-state index is 11.9.